The third-order valence-electron chi connectivity index (χ3n) is 3.55. The van der Waals surface area contributed by atoms with Crippen LogP contribution in [0.15, 0.2) is 46.5 Å². The highest BCUT2D eigenvalue weighted by Crippen LogP contribution is 2.27. The minimum absolute atomic E-state index is 0.343. The molecule has 0 spiro atoms. The van der Waals surface area contributed by atoms with Gasteiger partial charge in [-0.15, -0.1) is 16.8 Å². The zero-order valence-corrected chi connectivity index (χ0v) is 14.6. The van der Waals surface area contributed by atoms with E-state index in [1.807, 2.05) is 30.3 Å². The molecule has 1 aliphatic heterocycles. The van der Waals surface area contributed by atoms with Crippen molar-refractivity contribution in [2.24, 2.45) is 0 Å². The van der Waals surface area contributed by atoms with Gasteiger partial charge in [-0.3, -0.25) is 4.57 Å². The number of benzene rings is 1. The summed E-state index contributed by atoms with van der Waals surface area (Å²) in [7, 11) is 0. The summed E-state index contributed by atoms with van der Waals surface area (Å²) in [5.74, 6) is 1.80. The number of nitrogens with zero attached hydrogens (tertiary/aromatic N) is 3. The second kappa shape index (κ2) is 7.44. The van der Waals surface area contributed by atoms with Crippen LogP contribution in [-0.2, 0) is 11.3 Å². The van der Waals surface area contributed by atoms with Crippen LogP contribution in [-0.4, -0.2) is 33.2 Å². The summed E-state index contributed by atoms with van der Waals surface area (Å²) < 4.78 is 8.84. The van der Waals surface area contributed by atoms with Gasteiger partial charge in [0.1, 0.15) is 0 Å². The Morgan fingerprint density at radius 3 is 2.86 bits per heavy atom. The van der Waals surface area contributed by atoms with Crippen molar-refractivity contribution in [1.29, 1.82) is 0 Å². The molecule has 1 unspecified atom stereocenters. The lowest BCUT2D eigenvalue weighted by Crippen LogP contribution is -2.09. The average molecular weight is 380 g/mol. The van der Waals surface area contributed by atoms with E-state index in [-0.39, 0.29) is 0 Å². The van der Waals surface area contributed by atoms with Crippen molar-refractivity contribution in [1.82, 2.24) is 14.8 Å². The summed E-state index contributed by atoms with van der Waals surface area (Å²) >= 11 is 5.17. The van der Waals surface area contributed by atoms with E-state index in [4.69, 9.17) is 4.74 Å². The molecule has 4 nitrogen and oxygen atoms in total. The molecule has 1 atom stereocenters. The Bertz CT molecular complexity index is 635. The van der Waals surface area contributed by atoms with E-state index in [2.05, 4.69) is 37.3 Å². The van der Waals surface area contributed by atoms with Crippen molar-refractivity contribution in [3.8, 4) is 11.4 Å². The molecule has 2 aromatic rings. The van der Waals surface area contributed by atoms with Crippen molar-refractivity contribution in [2.45, 2.75) is 30.6 Å². The fraction of sp³-hybridized carbons (Fsp3) is 0.375. The first kappa shape index (κ1) is 15.8. The summed E-state index contributed by atoms with van der Waals surface area (Å²) in [6.45, 7) is 5.43. The van der Waals surface area contributed by atoms with Crippen LogP contribution in [0, 0.1) is 0 Å². The van der Waals surface area contributed by atoms with Gasteiger partial charge >= 0.3 is 0 Å². The van der Waals surface area contributed by atoms with Gasteiger partial charge in [-0.1, -0.05) is 45.9 Å². The molecule has 6 heteroatoms. The largest absolute Gasteiger partial charge is 0.377 e. The molecule has 116 valence electrons. The Labute approximate surface area is 143 Å². The number of hydrogen-bond donors (Lipinski definition) is 0. The lowest BCUT2D eigenvalue weighted by atomic mass is 10.2. The lowest BCUT2D eigenvalue weighted by molar-refractivity contribution is 0.129. The van der Waals surface area contributed by atoms with E-state index in [1.54, 1.807) is 11.8 Å². The van der Waals surface area contributed by atoms with Gasteiger partial charge in [0.15, 0.2) is 11.0 Å². The predicted molar refractivity (Wildman–Crippen MR) is 93.1 cm³/mol. The normalized spacial score (nSPS) is 17.8. The maximum Gasteiger partial charge on any atom is 0.191 e. The number of ether oxygens (including phenoxy) is 1. The highest BCUT2D eigenvalue weighted by molar-refractivity contribution is 9.10. The van der Waals surface area contributed by atoms with Gasteiger partial charge in [-0.2, -0.15) is 0 Å². The zero-order chi connectivity index (χ0) is 15.4. The zero-order valence-electron chi connectivity index (χ0n) is 12.2. The molecule has 1 aromatic carbocycles. The van der Waals surface area contributed by atoms with E-state index in [0.717, 1.165) is 46.2 Å². The number of aromatic nitrogens is 3. The van der Waals surface area contributed by atoms with Crippen LogP contribution < -0.4 is 0 Å². The first-order valence-corrected chi connectivity index (χ1v) is 9.10. The molecule has 2 heterocycles. The fourth-order valence-corrected chi connectivity index (χ4v) is 3.72. The van der Waals surface area contributed by atoms with Gasteiger partial charge in [0.05, 0.1) is 6.10 Å². The molecule has 0 bridgehead atoms. The summed E-state index contributed by atoms with van der Waals surface area (Å²) in [4.78, 5) is 0. The van der Waals surface area contributed by atoms with Gasteiger partial charge in [0.2, 0.25) is 0 Å². The molecular formula is C16H18BrN3OS. The summed E-state index contributed by atoms with van der Waals surface area (Å²) in [5.41, 5.74) is 1.06. The van der Waals surface area contributed by atoms with Gasteiger partial charge < -0.3 is 4.74 Å². The lowest BCUT2D eigenvalue weighted by Gasteiger charge is -2.10. The third-order valence-corrected chi connectivity index (χ3v) is 5.18. The second-order valence-electron chi connectivity index (χ2n) is 5.16. The molecule has 0 aliphatic carbocycles. The van der Waals surface area contributed by atoms with Crippen LogP contribution in [0.3, 0.4) is 0 Å². The molecule has 0 radical (unpaired) electrons. The topological polar surface area (TPSA) is 39.9 Å². The molecule has 0 amide bonds. The van der Waals surface area contributed by atoms with Gasteiger partial charge in [-0.25, -0.2) is 0 Å². The molecule has 1 aromatic heterocycles. The number of rotatable bonds is 6. The summed E-state index contributed by atoms with van der Waals surface area (Å²) in [6, 6.07) is 8.12. The highest BCUT2D eigenvalue weighted by atomic mass is 79.9. The van der Waals surface area contributed by atoms with Crippen LogP contribution in [0.25, 0.3) is 11.4 Å². The van der Waals surface area contributed by atoms with Crippen molar-refractivity contribution >= 4 is 27.7 Å². The van der Waals surface area contributed by atoms with E-state index >= 15 is 0 Å². The molecule has 1 saturated heterocycles. The number of halogens is 1. The minimum atomic E-state index is 0.343. The van der Waals surface area contributed by atoms with E-state index in [0.29, 0.717) is 12.6 Å². The van der Waals surface area contributed by atoms with E-state index in [1.165, 1.54) is 0 Å². The first-order valence-electron chi connectivity index (χ1n) is 7.32. The molecule has 1 aliphatic rings. The molecule has 3 rings (SSSR count). The van der Waals surface area contributed by atoms with Gasteiger partial charge in [0, 0.05) is 28.9 Å². The minimum Gasteiger partial charge on any atom is -0.377 e. The highest BCUT2D eigenvalue weighted by Gasteiger charge is 2.19. The third kappa shape index (κ3) is 3.62. The van der Waals surface area contributed by atoms with E-state index in [9.17, 15) is 0 Å². The van der Waals surface area contributed by atoms with Crippen LogP contribution >= 0.6 is 27.7 Å². The Hall–Kier alpha value is -1.11. The van der Waals surface area contributed by atoms with E-state index < -0.39 is 0 Å². The Kier molecular flexibility index (Phi) is 5.33. The average Bonchev–Trinajstić information content (AvgIpc) is 3.16. The van der Waals surface area contributed by atoms with Crippen molar-refractivity contribution in [3.63, 3.8) is 0 Å². The van der Waals surface area contributed by atoms with Crippen molar-refractivity contribution < 1.29 is 4.74 Å². The Morgan fingerprint density at radius 2 is 2.18 bits per heavy atom. The maximum absolute atomic E-state index is 5.68. The Morgan fingerprint density at radius 1 is 1.36 bits per heavy atom. The monoisotopic (exact) mass is 379 g/mol. The van der Waals surface area contributed by atoms with Gasteiger partial charge in [0.25, 0.3) is 0 Å². The standard InChI is InChI=1S/C16H18BrN3OS/c1-2-9-20-15(12-5-7-13(17)8-6-12)18-19-16(20)22-11-14-4-3-10-21-14/h2,5-8,14H,1,3-4,9-11H2. The summed E-state index contributed by atoms with van der Waals surface area (Å²) in [5, 5.41) is 9.65. The Balaban J connectivity index is 1.81. The summed E-state index contributed by atoms with van der Waals surface area (Å²) in [6.07, 6.45) is 4.52. The molecule has 1 fully saturated rings. The maximum atomic E-state index is 5.68. The number of thioether (sulfide) groups is 1. The van der Waals surface area contributed by atoms with Crippen molar-refractivity contribution in [3.05, 3.63) is 41.4 Å². The molecule has 0 saturated carbocycles. The van der Waals surface area contributed by atoms with Gasteiger partial charge in [-0.05, 0) is 25.0 Å². The fourth-order valence-electron chi connectivity index (χ4n) is 2.44. The second-order valence-corrected chi connectivity index (χ2v) is 7.06. The smallest absolute Gasteiger partial charge is 0.191 e. The van der Waals surface area contributed by atoms with Crippen LogP contribution in [0.2, 0.25) is 0 Å². The molecule has 22 heavy (non-hydrogen) atoms. The van der Waals surface area contributed by atoms with Crippen LogP contribution in [0.1, 0.15) is 12.8 Å². The molecular weight excluding hydrogens is 362 g/mol. The number of hydrogen-bond acceptors (Lipinski definition) is 4. The van der Waals surface area contributed by atoms with Crippen molar-refractivity contribution in [2.75, 3.05) is 12.4 Å². The predicted octanol–water partition coefficient (Wildman–Crippen LogP) is 4.16. The SMILES string of the molecule is C=CCn1c(SCC2CCCO2)nnc1-c1ccc(Br)cc1. The first-order chi connectivity index (χ1) is 10.8. The van der Waals surface area contributed by atoms with Crippen LogP contribution in [0.5, 0.6) is 0 Å². The van der Waals surface area contributed by atoms with Crippen LogP contribution in [0.4, 0.5) is 0 Å². The molecule has 0 N–H and O–H groups in total. The quantitative estimate of drug-likeness (QED) is 0.557. The number of allylic oxidation sites excluding steroid dienone is 1.